The summed E-state index contributed by atoms with van der Waals surface area (Å²) < 4.78 is 171. The highest BCUT2D eigenvalue weighted by Crippen LogP contribution is 2.68. The molecule has 2 N–H and O–H groups in total. The average Bonchev–Trinajstić information content (AvgIpc) is 4.10. The standard InChI is InChI=1S/C41H40ClF8N7O5S2/c1-40(2,64(61,62)23-5-6-23)11-10-22-4-7-24(25-8-9-28(42)33-36(25)56(17-30(45)46)54-39(33)55-63(3,59)60)34(51-22)29(14-19-12-20(43)15-21(44)13-19)52-31(58)18-57-37-32(35(53-57)38(47)48)26-16-27(26)41(37,49)50/h4,7-9,12-13,15,23,26-27,29-30,38H,5-6,10-11,14,16-18H2,1-3H3,(H,52,58)(H,54,55)/t26-,27+,29-/m0/s1. The molecule has 23 heteroatoms. The van der Waals surface area contributed by atoms with Gasteiger partial charge in [0.25, 0.3) is 18.8 Å². The number of sulfonamides is 1. The number of benzene rings is 2. The number of sulfone groups is 1. The van der Waals surface area contributed by atoms with Crippen molar-refractivity contribution in [3.63, 3.8) is 0 Å². The average molecular weight is 962 g/mol. The molecule has 3 aromatic heterocycles. The minimum absolute atomic E-state index is 0.0243. The zero-order chi connectivity index (χ0) is 46.4. The van der Waals surface area contributed by atoms with Gasteiger partial charge in [0.2, 0.25) is 15.9 Å². The SMILES string of the molecule is CC(C)(CCc1ccc(-c2ccc(Cl)c3c(NS(C)(=O)=O)nn(CC(F)F)c23)c([C@H](Cc2cc(F)cc(F)c2)NC(=O)Cn2nc(C(F)F)c3c2C(F)(F)[C@@H]2C[C@H]32)n1)S(=O)(=O)C1CC1. The number of pyridine rings is 1. The minimum Gasteiger partial charge on any atom is -0.346 e. The van der Waals surface area contributed by atoms with Crippen LogP contribution in [0.15, 0.2) is 42.5 Å². The molecule has 12 nitrogen and oxygen atoms in total. The number of hydrogen-bond acceptors (Lipinski definition) is 8. The predicted octanol–water partition coefficient (Wildman–Crippen LogP) is 8.40. The number of carbonyl (C=O) groups excluding carboxylic acids is 1. The molecule has 2 saturated carbocycles. The number of aromatic nitrogens is 5. The Hall–Kier alpha value is -4.83. The highest BCUT2D eigenvalue weighted by atomic mass is 35.5. The van der Waals surface area contributed by atoms with Crippen molar-refractivity contribution in [1.29, 1.82) is 0 Å². The van der Waals surface area contributed by atoms with Gasteiger partial charge in [0.05, 0.1) is 43.9 Å². The summed E-state index contributed by atoms with van der Waals surface area (Å²) >= 11 is 6.57. The summed E-state index contributed by atoms with van der Waals surface area (Å²) in [5, 5.41) is 9.77. The number of nitrogens with zero attached hydrogens (tertiary/aromatic N) is 5. The molecule has 0 aliphatic heterocycles. The summed E-state index contributed by atoms with van der Waals surface area (Å²) in [6.07, 6.45) is -4.82. The van der Waals surface area contributed by atoms with Gasteiger partial charge in [-0.25, -0.2) is 43.2 Å². The molecule has 3 atom stereocenters. The third kappa shape index (κ3) is 8.68. The summed E-state index contributed by atoms with van der Waals surface area (Å²) in [6, 6.07) is 6.74. The lowest BCUT2D eigenvalue weighted by Gasteiger charge is -2.26. The Labute approximate surface area is 366 Å². The lowest BCUT2D eigenvalue weighted by Crippen LogP contribution is -2.36. The zero-order valence-electron chi connectivity index (χ0n) is 34.2. The van der Waals surface area contributed by atoms with Gasteiger partial charge >= 0.3 is 0 Å². The van der Waals surface area contributed by atoms with E-state index in [2.05, 4.69) is 20.2 Å². The van der Waals surface area contributed by atoms with Crippen molar-refractivity contribution in [2.75, 3.05) is 11.0 Å². The molecule has 3 aliphatic rings. The van der Waals surface area contributed by atoms with E-state index in [0.717, 1.165) is 23.1 Å². The number of fused-ring (bicyclic) bond motifs is 4. The van der Waals surface area contributed by atoms with Gasteiger partial charge in [-0.1, -0.05) is 23.7 Å². The first-order chi connectivity index (χ1) is 29.9. The Morgan fingerprint density at radius 1 is 0.953 bits per heavy atom. The first-order valence-corrected chi connectivity index (χ1v) is 23.9. The predicted molar refractivity (Wildman–Crippen MR) is 220 cm³/mol. The highest BCUT2D eigenvalue weighted by molar-refractivity contribution is 7.93. The molecule has 1 amide bonds. The van der Waals surface area contributed by atoms with E-state index in [1.807, 2.05) is 0 Å². The van der Waals surface area contributed by atoms with Crippen LogP contribution in [0.25, 0.3) is 22.0 Å². The van der Waals surface area contributed by atoms with E-state index in [1.165, 1.54) is 24.3 Å². The highest BCUT2D eigenvalue weighted by Gasteiger charge is 2.67. The third-order valence-electron chi connectivity index (χ3n) is 11.9. The molecule has 5 aromatic rings. The van der Waals surface area contributed by atoms with Gasteiger partial charge in [-0.3, -0.25) is 23.9 Å². The van der Waals surface area contributed by atoms with Crippen molar-refractivity contribution in [2.45, 2.75) is 106 Å². The van der Waals surface area contributed by atoms with Crippen molar-refractivity contribution in [1.82, 2.24) is 29.9 Å². The molecule has 0 unspecified atom stereocenters. The molecule has 8 rings (SSSR count). The van der Waals surface area contributed by atoms with E-state index in [4.69, 9.17) is 16.6 Å². The molecule has 0 spiro atoms. The summed E-state index contributed by atoms with van der Waals surface area (Å²) in [7, 11) is -7.64. The Kier molecular flexibility index (Phi) is 11.6. The second-order valence-corrected chi connectivity index (χ2v) is 22.2. The molecule has 2 aromatic carbocycles. The number of carbonyl (C=O) groups is 1. The number of anilines is 1. The minimum atomic E-state index is -4.06. The smallest absolute Gasteiger partial charge is 0.293 e. The fourth-order valence-corrected chi connectivity index (χ4v) is 11.5. The molecule has 0 bridgehead atoms. The fraction of sp³-hybridized carbons (Fsp3) is 0.463. The van der Waals surface area contributed by atoms with Crippen LogP contribution in [-0.4, -0.2) is 70.0 Å². The molecule has 3 aliphatic carbocycles. The van der Waals surface area contributed by atoms with Crippen LogP contribution in [0.5, 0.6) is 0 Å². The fourth-order valence-electron chi connectivity index (χ4n) is 8.69. The van der Waals surface area contributed by atoms with Crippen molar-refractivity contribution >= 4 is 54.1 Å². The number of amides is 1. The quantitative estimate of drug-likeness (QED) is 0.0881. The van der Waals surface area contributed by atoms with Crippen LogP contribution in [-0.2, 0) is 56.5 Å². The first-order valence-electron chi connectivity index (χ1n) is 20.1. The number of alkyl halides is 6. The maximum Gasteiger partial charge on any atom is 0.293 e. The van der Waals surface area contributed by atoms with Gasteiger partial charge in [-0.05, 0) is 88.1 Å². The molecular formula is C41H40ClF8N7O5S2. The van der Waals surface area contributed by atoms with E-state index in [0.29, 0.717) is 23.6 Å². The van der Waals surface area contributed by atoms with Crippen LogP contribution in [0.3, 0.4) is 0 Å². The van der Waals surface area contributed by atoms with Crippen molar-refractivity contribution < 1.29 is 56.8 Å². The van der Waals surface area contributed by atoms with Crippen LogP contribution in [0, 0.1) is 17.6 Å². The van der Waals surface area contributed by atoms with Crippen molar-refractivity contribution in [3.8, 4) is 11.1 Å². The number of nitrogens with one attached hydrogen (secondary N) is 2. The molecule has 0 radical (unpaired) electrons. The van der Waals surface area contributed by atoms with E-state index < -0.39 is 121 Å². The molecular weight excluding hydrogens is 922 g/mol. The Balaban J connectivity index is 1.28. The maximum absolute atomic E-state index is 15.5. The van der Waals surface area contributed by atoms with E-state index in [9.17, 15) is 48.0 Å². The van der Waals surface area contributed by atoms with Crippen molar-refractivity contribution in [3.05, 3.63) is 93.0 Å². The Morgan fingerprint density at radius 3 is 2.25 bits per heavy atom. The first kappa shape index (κ1) is 45.7. The van der Waals surface area contributed by atoms with Crippen LogP contribution in [0.4, 0.5) is 40.9 Å². The largest absolute Gasteiger partial charge is 0.346 e. The summed E-state index contributed by atoms with van der Waals surface area (Å²) in [4.78, 5) is 19.0. The summed E-state index contributed by atoms with van der Waals surface area (Å²) in [5.41, 5.74) is -1.92. The number of aryl methyl sites for hydroxylation is 1. The van der Waals surface area contributed by atoms with Gasteiger partial charge < -0.3 is 5.32 Å². The number of halogens is 9. The van der Waals surface area contributed by atoms with Gasteiger partial charge in [0, 0.05) is 34.4 Å². The van der Waals surface area contributed by atoms with Crippen LogP contribution >= 0.6 is 11.6 Å². The second-order valence-electron chi connectivity index (χ2n) is 17.1. The molecule has 3 heterocycles. The zero-order valence-corrected chi connectivity index (χ0v) is 36.5. The van der Waals surface area contributed by atoms with Crippen molar-refractivity contribution in [2.24, 2.45) is 5.92 Å². The lowest BCUT2D eigenvalue weighted by atomic mass is 9.93. The summed E-state index contributed by atoms with van der Waals surface area (Å²) in [5.74, 6) is -9.14. The molecule has 344 valence electrons. The van der Waals surface area contributed by atoms with Gasteiger partial charge in [0.1, 0.15) is 36.1 Å². The maximum atomic E-state index is 15.5. The molecule has 0 saturated heterocycles. The number of rotatable bonds is 17. The van der Waals surface area contributed by atoms with Gasteiger partial charge in [-0.2, -0.15) is 19.0 Å². The Morgan fingerprint density at radius 2 is 1.62 bits per heavy atom. The van der Waals surface area contributed by atoms with Gasteiger partial charge in [0.15, 0.2) is 15.7 Å². The van der Waals surface area contributed by atoms with E-state index in [1.54, 1.807) is 13.8 Å². The van der Waals surface area contributed by atoms with Crippen LogP contribution in [0.2, 0.25) is 5.02 Å². The van der Waals surface area contributed by atoms with Crippen LogP contribution < -0.4 is 10.0 Å². The number of hydrogen-bond donors (Lipinski definition) is 2. The summed E-state index contributed by atoms with van der Waals surface area (Å²) in [6.45, 7) is 1.08. The van der Waals surface area contributed by atoms with Gasteiger partial charge in [-0.15, -0.1) is 0 Å². The molecule has 2 fully saturated rings. The Bertz CT molecular complexity index is 2900. The normalized spacial score (nSPS) is 18.7. The lowest BCUT2D eigenvalue weighted by molar-refractivity contribution is -0.123. The topological polar surface area (TPSA) is 158 Å². The van der Waals surface area contributed by atoms with E-state index >= 15 is 8.78 Å². The van der Waals surface area contributed by atoms with Crippen LogP contribution in [0.1, 0.15) is 91.8 Å². The second kappa shape index (κ2) is 16.2. The van der Waals surface area contributed by atoms with E-state index in [-0.39, 0.29) is 68.8 Å². The molecule has 64 heavy (non-hydrogen) atoms. The third-order valence-corrected chi connectivity index (χ3v) is 15.9. The monoisotopic (exact) mass is 961 g/mol.